The van der Waals surface area contributed by atoms with E-state index < -0.39 is 0 Å². The summed E-state index contributed by atoms with van der Waals surface area (Å²) in [5.41, 5.74) is 4.04. The van der Waals surface area contributed by atoms with Gasteiger partial charge in [-0.1, -0.05) is 0 Å². The summed E-state index contributed by atoms with van der Waals surface area (Å²) < 4.78 is 13.2. The van der Waals surface area contributed by atoms with Crippen LogP contribution < -0.4 is 4.90 Å². The van der Waals surface area contributed by atoms with E-state index in [0.29, 0.717) is 0 Å². The summed E-state index contributed by atoms with van der Waals surface area (Å²) >= 11 is 0. The molecule has 1 aliphatic heterocycles. The normalized spacial score (nSPS) is 15.4. The molecule has 134 valence electrons. The van der Waals surface area contributed by atoms with Crippen molar-refractivity contribution in [2.45, 2.75) is 13.5 Å². The van der Waals surface area contributed by atoms with Crippen molar-refractivity contribution < 1.29 is 4.39 Å². The topological polar surface area (TPSA) is 60.9 Å². The number of anilines is 1. The first-order chi connectivity index (χ1) is 12.7. The number of hydrogen-bond donors (Lipinski definition) is 1. The lowest BCUT2D eigenvalue weighted by Crippen LogP contribution is -2.46. The maximum Gasteiger partial charge on any atom is 0.155 e. The number of aromatic amines is 1. The van der Waals surface area contributed by atoms with Gasteiger partial charge in [0.15, 0.2) is 5.82 Å². The second-order valence-corrected chi connectivity index (χ2v) is 6.52. The van der Waals surface area contributed by atoms with E-state index in [1.54, 1.807) is 24.5 Å². The van der Waals surface area contributed by atoms with Crippen LogP contribution >= 0.6 is 0 Å². The number of rotatable bonds is 4. The van der Waals surface area contributed by atoms with E-state index >= 15 is 0 Å². The van der Waals surface area contributed by atoms with Crippen molar-refractivity contribution in [2.24, 2.45) is 0 Å². The zero-order valence-corrected chi connectivity index (χ0v) is 14.7. The number of halogens is 1. The smallest absolute Gasteiger partial charge is 0.155 e. The fourth-order valence-corrected chi connectivity index (χ4v) is 3.27. The van der Waals surface area contributed by atoms with Gasteiger partial charge >= 0.3 is 0 Å². The number of H-pyrrole nitrogens is 1. The van der Waals surface area contributed by atoms with E-state index in [-0.39, 0.29) is 5.82 Å². The lowest BCUT2D eigenvalue weighted by atomic mass is 10.1. The molecule has 0 atom stereocenters. The summed E-state index contributed by atoms with van der Waals surface area (Å²) in [6, 6.07) is 6.42. The fraction of sp³-hybridized carbons (Fsp3) is 0.316. The molecular formula is C19H21FN6. The molecule has 6 nitrogen and oxygen atoms in total. The van der Waals surface area contributed by atoms with E-state index in [0.717, 1.165) is 55.5 Å². The van der Waals surface area contributed by atoms with Crippen LogP contribution in [0.1, 0.15) is 11.3 Å². The van der Waals surface area contributed by atoms with E-state index in [4.69, 9.17) is 0 Å². The number of aromatic nitrogens is 4. The van der Waals surface area contributed by atoms with Gasteiger partial charge in [-0.15, -0.1) is 0 Å². The summed E-state index contributed by atoms with van der Waals surface area (Å²) in [5, 5.41) is 7.08. The van der Waals surface area contributed by atoms with Gasteiger partial charge in [0, 0.05) is 61.9 Å². The lowest BCUT2D eigenvalue weighted by molar-refractivity contribution is 0.249. The molecular weight excluding hydrogens is 331 g/mol. The van der Waals surface area contributed by atoms with Gasteiger partial charge in [0.05, 0.1) is 6.20 Å². The van der Waals surface area contributed by atoms with Crippen LogP contribution in [0.15, 0.2) is 42.9 Å². The summed E-state index contributed by atoms with van der Waals surface area (Å²) in [5.74, 6) is 0.612. The highest BCUT2D eigenvalue weighted by Gasteiger charge is 2.22. The van der Waals surface area contributed by atoms with E-state index in [1.165, 1.54) is 17.7 Å². The summed E-state index contributed by atoms with van der Waals surface area (Å²) in [6.45, 7) is 6.61. The second-order valence-electron chi connectivity index (χ2n) is 6.52. The molecule has 0 bridgehead atoms. The van der Waals surface area contributed by atoms with Gasteiger partial charge < -0.3 is 4.90 Å². The minimum absolute atomic E-state index is 0.248. The Morgan fingerprint density at radius 3 is 2.46 bits per heavy atom. The molecule has 0 radical (unpaired) electrons. The van der Waals surface area contributed by atoms with Gasteiger partial charge in [-0.05, 0) is 31.2 Å². The number of benzene rings is 1. The Balaban J connectivity index is 1.48. The highest BCUT2D eigenvalue weighted by Crippen LogP contribution is 2.27. The Bertz CT molecular complexity index is 868. The standard InChI is InChI=1S/C19H21FN6/c1-14-16(12-23-24-14)13-25-8-10-26(11-9-25)19-18(21-6-7-22-19)15-2-4-17(20)5-3-15/h2-7,12H,8-11,13H2,1H3,(H,23,24). The SMILES string of the molecule is Cc1[nH]ncc1CN1CCN(c2nccnc2-c2ccc(F)cc2)CC1. The Morgan fingerprint density at radius 1 is 1.04 bits per heavy atom. The largest absolute Gasteiger partial charge is 0.352 e. The molecule has 0 unspecified atom stereocenters. The van der Waals surface area contributed by atoms with Crippen LogP contribution in [0.2, 0.25) is 0 Å². The number of aryl methyl sites for hydroxylation is 1. The molecule has 26 heavy (non-hydrogen) atoms. The summed E-state index contributed by atoms with van der Waals surface area (Å²) in [4.78, 5) is 13.7. The molecule has 1 N–H and O–H groups in total. The first-order valence-electron chi connectivity index (χ1n) is 8.74. The first kappa shape index (κ1) is 16.7. The molecule has 3 aromatic rings. The van der Waals surface area contributed by atoms with Crippen molar-refractivity contribution in [2.75, 3.05) is 31.1 Å². The zero-order chi connectivity index (χ0) is 17.9. The number of piperazine rings is 1. The maximum atomic E-state index is 13.2. The van der Waals surface area contributed by atoms with Gasteiger partial charge in [0.25, 0.3) is 0 Å². The molecule has 4 rings (SSSR count). The summed E-state index contributed by atoms with van der Waals surface area (Å²) in [7, 11) is 0. The third-order valence-corrected chi connectivity index (χ3v) is 4.80. The molecule has 1 aliphatic rings. The Kier molecular flexibility index (Phi) is 4.62. The van der Waals surface area contributed by atoms with E-state index in [2.05, 4.69) is 30.0 Å². The first-order valence-corrected chi connectivity index (χ1v) is 8.74. The van der Waals surface area contributed by atoms with Crippen molar-refractivity contribution in [3.63, 3.8) is 0 Å². The molecule has 3 heterocycles. The number of nitrogens with zero attached hydrogens (tertiary/aromatic N) is 5. The molecule has 7 heteroatoms. The van der Waals surface area contributed by atoms with Crippen LogP contribution in [0.3, 0.4) is 0 Å². The molecule has 0 amide bonds. The summed E-state index contributed by atoms with van der Waals surface area (Å²) in [6.07, 6.45) is 5.29. The molecule has 0 spiro atoms. The van der Waals surface area contributed by atoms with E-state index in [9.17, 15) is 4.39 Å². The van der Waals surface area contributed by atoms with Gasteiger partial charge in [-0.3, -0.25) is 15.0 Å². The molecule has 1 fully saturated rings. The molecule has 1 saturated heterocycles. The number of hydrogen-bond acceptors (Lipinski definition) is 5. The van der Waals surface area contributed by atoms with Crippen LogP contribution in [-0.2, 0) is 6.54 Å². The Morgan fingerprint density at radius 2 is 1.77 bits per heavy atom. The van der Waals surface area contributed by atoms with Gasteiger partial charge in [0.1, 0.15) is 11.5 Å². The molecule has 0 aliphatic carbocycles. The van der Waals surface area contributed by atoms with Crippen LogP contribution in [0.25, 0.3) is 11.3 Å². The molecule has 2 aromatic heterocycles. The lowest BCUT2D eigenvalue weighted by Gasteiger charge is -2.35. The van der Waals surface area contributed by atoms with Gasteiger partial charge in [-0.2, -0.15) is 5.10 Å². The fourth-order valence-electron chi connectivity index (χ4n) is 3.27. The third kappa shape index (κ3) is 3.43. The quantitative estimate of drug-likeness (QED) is 0.782. The van der Waals surface area contributed by atoms with Crippen LogP contribution in [0.4, 0.5) is 10.2 Å². The highest BCUT2D eigenvalue weighted by molar-refractivity contribution is 5.72. The van der Waals surface area contributed by atoms with Gasteiger partial charge in [-0.25, -0.2) is 9.37 Å². The minimum atomic E-state index is -0.248. The van der Waals surface area contributed by atoms with Crippen molar-refractivity contribution in [1.82, 2.24) is 25.1 Å². The van der Waals surface area contributed by atoms with Crippen LogP contribution in [-0.4, -0.2) is 51.2 Å². The molecule has 0 saturated carbocycles. The predicted molar refractivity (Wildman–Crippen MR) is 98.2 cm³/mol. The van der Waals surface area contributed by atoms with Crippen molar-refractivity contribution >= 4 is 5.82 Å². The predicted octanol–water partition coefficient (Wildman–Crippen LogP) is 2.64. The average Bonchev–Trinajstić information content (AvgIpc) is 3.08. The van der Waals surface area contributed by atoms with E-state index in [1.807, 2.05) is 13.1 Å². The Labute approximate surface area is 151 Å². The van der Waals surface area contributed by atoms with Crippen molar-refractivity contribution in [1.29, 1.82) is 0 Å². The minimum Gasteiger partial charge on any atom is -0.352 e. The Hall–Kier alpha value is -2.80. The highest BCUT2D eigenvalue weighted by atomic mass is 19.1. The van der Waals surface area contributed by atoms with Crippen LogP contribution in [0.5, 0.6) is 0 Å². The maximum absolute atomic E-state index is 13.2. The average molecular weight is 352 g/mol. The zero-order valence-electron chi connectivity index (χ0n) is 14.7. The van der Waals surface area contributed by atoms with Crippen LogP contribution in [0, 0.1) is 12.7 Å². The second kappa shape index (κ2) is 7.21. The van der Waals surface area contributed by atoms with Gasteiger partial charge in [0.2, 0.25) is 0 Å². The third-order valence-electron chi connectivity index (χ3n) is 4.80. The van der Waals surface area contributed by atoms with Crippen molar-refractivity contribution in [3.05, 3.63) is 59.9 Å². The number of nitrogens with one attached hydrogen (secondary N) is 1. The van der Waals surface area contributed by atoms with Crippen molar-refractivity contribution in [3.8, 4) is 11.3 Å². The monoisotopic (exact) mass is 352 g/mol. The molecule has 1 aromatic carbocycles.